The van der Waals surface area contributed by atoms with Gasteiger partial charge >= 0.3 is 0 Å². The highest BCUT2D eigenvalue weighted by Gasteiger charge is 2.15. The number of hydrogen-bond acceptors (Lipinski definition) is 3. The first-order valence-electron chi connectivity index (χ1n) is 6.74. The summed E-state index contributed by atoms with van der Waals surface area (Å²) in [6.07, 6.45) is 0. The third-order valence-corrected chi connectivity index (χ3v) is 3.57. The molecule has 0 unspecified atom stereocenters. The molecule has 0 amide bonds. The molecule has 3 rings (SSSR count). The number of H-pyrrole nitrogens is 1. The van der Waals surface area contributed by atoms with Crippen molar-refractivity contribution in [2.45, 2.75) is 20.4 Å². The third kappa shape index (κ3) is 2.00. The molecule has 0 aliphatic carbocycles. The van der Waals surface area contributed by atoms with Crippen LogP contribution in [-0.4, -0.2) is 26.8 Å². The first kappa shape index (κ1) is 12.9. The summed E-state index contributed by atoms with van der Waals surface area (Å²) in [5, 5.41) is 7.75. The van der Waals surface area contributed by atoms with Crippen molar-refractivity contribution in [3.63, 3.8) is 0 Å². The Morgan fingerprint density at radius 2 is 2.10 bits per heavy atom. The van der Waals surface area contributed by atoms with Gasteiger partial charge in [0.15, 0.2) is 0 Å². The standard InChI is InChI=1S/C15H19N5/c1-9-15(14(8-16-3)20(4)19-9)11-5-6-12-13(7-11)18-10(2)17-12/h5-7,16H,8H2,1-4H3,(H,17,18). The number of hydrogen-bond donors (Lipinski definition) is 2. The highest BCUT2D eigenvalue weighted by atomic mass is 15.3. The normalized spacial score (nSPS) is 11.4. The molecule has 5 heteroatoms. The van der Waals surface area contributed by atoms with E-state index in [1.165, 1.54) is 16.8 Å². The Balaban J connectivity index is 2.19. The summed E-state index contributed by atoms with van der Waals surface area (Å²) in [4.78, 5) is 7.74. The Morgan fingerprint density at radius 3 is 2.85 bits per heavy atom. The quantitative estimate of drug-likeness (QED) is 0.767. The Bertz CT molecular complexity index is 766. The highest BCUT2D eigenvalue weighted by molar-refractivity contribution is 5.83. The minimum Gasteiger partial charge on any atom is -0.342 e. The predicted molar refractivity (Wildman–Crippen MR) is 80.5 cm³/mol. The molecule has 2 aromatic heterocycles. The lowest BCUT2D eigenvalue weighted by atomic mass is 10.0. The van der Waals surface area contributed by atoms with Crippen molar-refractivity contribution in [2.24, 2.45) is 7.05 Å². The van der Waals surface area contributed by atoms with E-state index in [2.05, 4.69) is 45.5 Å². The van der Waals surface area contributed by atoms with Gasteiger partial charge in [0.25, 0.3) is 0 Å². The van der Waals surface area contributed by atoms with E-state index in [4.69, 9.17) is 0 Å². The topological polar surface area (TPSA) is 58.5 Å². The second-order valence-corrected chi connectivity index (χ2v) is 5.12. The summed E-state index contributed by atoms with van der Waals surface area (Å²) in [6.45, 7) is 4.82. The molecule has 2 heterocycles. The van der Waals surface area contributed by atoms with Gasteiger partial charge in [0.05, 0.1) is 22.4 Å². The lowest BCUT2D eigenvalue weighted by Gasteiger charge is -2.06. The fraction of sp³-hybridized carbons (Fsp3) is 0.333. The second kappa shape index (κ2) is 4.76. The predicted octanol–water partition coefficient (Wildman–Crippen LogP) is 2.30. The van der Waals surface area contributed by atoms with Gasteiger partial charge in [0, 0.05) is 19.2 Å². The number of benzene rings is 1. The van der Waals surface area contributed by atoms with Crippen LogP contribution >= 0.6 is 0 Å². The van der Waals surface area contributed by atoms with Crippen LogP contribution in [0.1, 0.15) is 17.2 Å². The summed E-state index contributed by atoms with van der Waals surface area (Å²) < 4.78 is 1.95. The van der Waals surface area contributed by atoms with Crippen molar-refractivity contribution < 1.29 is 0 Å². The van der Waals surface area contributed by atoms with Crippen molar-refractivity contribution >= 4 is 11.0 Å². The lowest BCUT2D eigenvalue weighted by molar-refractivity contribution is 0.669. The van der Waals surface area contributed by atoms with Crippen molar-refractivity contribution in [2.75, 3.05) is 7.05 Å². The van der Waals surface area contributed by atoms with Gasteiger partial charge in [0.1, 0.15) is 5.82 Å². The maximum absolute atomic E-state index is 4.54. The first-order valence-corrected chi connectivity index (χ1v) is 6.74. The fourth-order valence-corrected chi connectivity index (χ4v) is 2.74. The summed E-state index contributed by atoms with van der Waals surface area (Å²) in [7, 11) is 3.94. The minimum atomic E-state index is 0.798. The Kier molecular flexibility index (Phi) is 3.06. The van der Waals surface area contributed by atoms with Crippen LogP contribution in [0.2, 0.25) is 0 Å². The van der Waals surface area contributed by atoms with Gasteiger partial charge in [-0.3, -0.25) is 4.68 Å². The van der Waals surface area contributed by atoms with Crippen molar-refractivity contribution in [1.29, 1.82) is 0 Å². The van der Waals surface area contributed by atoms with E-state index in [0.717, 1.165) is 29.1 Å². The average molecular weight is 269 g/mol. The molecule has 1 aromatic carbocycles. The van der Waals surface area contributed by atoms with Crippen molar-refractivity contribution in [1.82, 2.24) is 25.1 Å². The van der Waals surface area contributed by atoms with Gasteiger partial charge in [-0.15, -0.1) is 0 Å². The van der Waals surface area contributed by atoms with Crippen molar-refractivity contribution in [3.8, 4) is 11.1 Å². The zero-order chi connectivity index (χ0) is 14.3. The molecule has 0 saturated heterocycles. The second-order valence-electron chi connectivity index (χ2n) is 5.12. The van der Waals surface area contributed by atoms with Crippen LogP contribution in [0.4, 0.5) is 0 Å². The molecule has 0 saturated carbocycles. The minimum absolute atomic E-state index is 0.798. The summed E-state index contributed by atoms with van der Waals surface area (Å²) >= 11 is 0. The number of rotatable bonds is 3. The smallest absolute Gasteiger partial charge is 0.104 e. The number of nitrogens with one attached hydrogen (secondary N) is 2. The van der Waals surface area contributed by atoms with E-state index < -0.39 is 0 Å². The Labute approximate surface area is 118 Å². The Hall–Kier alpha value is -2.14. The number of aryl methyl sites for hydroxylation is 3. The summed E-state index contributed by atoms with van der Waals surface area (Å²) in [5.74, 6) is 0.940. The molecule has 0 bridgehead atoms. The average Bonchev–Trinajstić information content (AvgIpc) is 2.89. The van der Waals surface area contributed by atoms with Crippen LogP contribution in [0.15, 0.2) is 18.2 Å². The highest BCUT2D eigenvalue weighted by Crippen LogP contribution is 2.29. The number of imidazole rings is 1. The molecule has 0 fully saturated rings. The third-order valence-electron chi connectivity index (χ3n) is 3.57. The maximum Gasteiger partial charge on any atom is 0.104 e. The molecule has 0 radical (unpaired) electrons. The molecule has 0 aliphatic heterocycles. The van der Waals surface area contributed by atoms with E-state index in [-0.39, 0.29) is 0 Å². The molecule has 5 nitrogen and oxygen atoms in total. The van der Waals surface area contributed by atoms with Gasteiger partial charge in [-0.2, -0.15) is 5.10 Å². The van der Waals surface area contributed by atoms with E-state index in [1.54, 1.807) is 0 Å². The molecule has 104 valence electrons. The molecular formula is C15H19N5. The van der Waals surface area contributed by atoms with Crippen molar-refractivity contribution in [3.05, 3.63) is 35.4 Å². The van der Waals surface area contributed by atoms with E-state index in [1.807, 2.05) is 25.7 Å². The van der Waals surface area contributed by atoms with Crippen LogP contribution in [0, 0.1) is 13.8 Å². The van der Waals surface area contributed by atoms with Gasteiger partial charge in [-0.05, 0) is 38.6 Å². The molecule has 0 aliphatic rings. The molecule has 2 N–H and O–H groups in total. The fourth-order valence-electron chi connectivity index (χ4n) is 2.74. The monoisotopic (exact) mass is 269 g/mol. The van der Waals surface area contributed by atoms with Crippen LogP contribution in [0.3, 0.4) is 0 Å². The van der Waals surface area contributed by atoms with Crippen LogP contribution in [0.25, 0.3) is 22.2 Å². The van der Waals surface area contributed by atoms with Crippen LogP contribution in [0.5, 0.6) is 0 Å². The van der Waals surface area contributed by atoms with Crippen LogP contribution < -0.4 is 5.32 Å². The SMILES string of the molecule is CNCc1c(-c2ccc3nc(C)[nH]c3c2)c(C)nn1C. The number of nitrogens with zero attached hydrogens (tertiary/aromatic N) is 3. The van der Waals surface area contributed by atoms with Crippen LogP contribution in [-0.2, 0) is 13.6 Å². The van der Waals surface area contributed by atoms with E-state index >= 15 is 0 Å². The lowest BCUT2D eigenvalue weighted by Crippen LogP contribution is -2.10. The zero-order valence-electron chi connectivity index (χ0n) is 12.3. The maximum atomic E-state index is 4.54. The van der Waals surface area contributed by atoms with E-state index in [0.29, 0.717) is 0 Å². The van der Waals surface area contributed by atoms with Gasteiger partial charge in [-0.1, -0.05) is 6.07 Å². The summed E-state index contributed by atoms with van der Waals surface area (Å²) in [6, 6.07) is 6.33. The number of aromatic amines is 1. The van der Waals surface area contributed by atoms with Gasteiger partial charge in [0.2, 0.25) is 0 Å². The first-order chi connectivity index (χ1) is 9.60. The van der Waals surface area contributed by atoms with Gasteiger partial charge in [-0.25, -0.2) is 4.98 Å². The molecule has 0 atom stereocenters. The zero-order valence-corrected chi connectivity index (χ0v) is 12.3. The molecule has 3 aromatic rings. The Morgan fingerprint density at radius 1 is 1.30 bits per heavy atom. The molecule has 20 heavy (non-hydrogen) atoms. The molecule has 0 spiro atoms. The number of fused-ring (bicyclic) bond motifs is 1. The van der Waals surface area contributed by atoms with E-state index in [9.17, 15) is 0 Å². The van der Waals surface area contributed by atoms with Gasteiger partial charge < -0.3 is 10.3 Å². The molecular weight excluding hydrogens is 250 g/mol. The largest absolute Gasteiger partial charge is 0.342 e. The summed E-state index contributed by atoms with van der Waals surface area (Å²) in [5.41, 5.74) is 6.70. The number of aromatic nitrogens is 4.